The Morgan fingerprint density at radius 3 is 2.23 bits per heavy atom. The van der Waals surface area contributed by atoms with Crippen molar-refractivity contribution < 1.29 is 14.7 Å². The number of aliphatic hydroxyl groups excluding tert-OH is 1. The maximum atomic E-state index is 13.3. The second-order valence-electron chi connectivity index (χ2n) is 8.18. The molecule has 0 aromatic heterocycles. The van der Waals surface area contributed by atoms with Crippen LogP contribution in [-0.4, -0.2) is 16.8 Å². The molecule has 0 bridgehead atoms. The molecule has 31 heavy (non-hydrogen) atoms. The van der Waals surface area contributed by atoms with Crippen LogP contribution in [0.25, 0.3) is 5.76 Å². The van der Waals surface area contributed by atoms with Crippen LogP contribution >= 0.6 is 0 Å². The normalized spacial score (nSPS) is 17.9. The SMILES string of the molecule is Cc1cccc(N2C(=O)C(=O)/C(=C(/O)c3cc(C)ccc3C)C2c2ccccc2C)c1. The zero-order valence-electron chi connectivity index (χ0n) is 18.1. The Kier molecular flexibility index (Phi) is 5.24. The zero-order valence-corrected chi connectivity index (χ0v) is 18.1. The number of hydrogen-bond donors (Lipinski definition) is 1. The van der Waals surface area contributed by atoms with E-state index in [4.69, 9.17) is 0 Å². The molecule has 1 unspecified atom stereocenters. The topological polar surface area (TPSA) is 57.6 Å². The molecule has 1 heterocycles. The first kappa shape index (κ1) is 20.6. The minimum atomic E-state index is -0.706. The van der Waals surface area contributed by atoms with Crippen LogP contribution in [0.5, 0.6) is 0 Å². The summed E-state index contributed by atoms with van der Waals surface area (Å²) in [6.45, 7) is 7.71. The number of benzene rings is 3. The van der Waals surface area contributed by atoms with E-state index < -0.39 is 17.7 Å². The Morgan fingerprint density at radius 1 is 0.806 bits per heavy atom. The molecule has 1 atom stereocenters. The van der Waals surface area contributed by atoms with E-state index in [9.17, 15) is 14.7 Å². The Labute approximate surface area is 182 Å². The molecular weight excluding hydrogens is 386 g/mol. The van der Waals surface area contributed by atoms with E-state index in [1.54, 1.807) is 0 Å². The van der Waals surface area contributed by atoms with Gasteiger partial charge in [-0.2, -0.15) is 0 Å². The van der Waals surface area contributed by atoms with Crippen molar-refractivity contribution in [1.82, 2.24) is 0 Å². The highest BCUT2D eigenvalue weighted by molar-refractivity contribution is 6.51. The van der Waals surface area contributed by atoms with E-state index in [2.05, 4.69) is 0 Å². The molecule has 1 aliphatic rings. The van der Waals surface area contributed by atoms with E-state index in [1.807, 2.05) is 94.4 Å². The quantitative estimate of drug-likeness (QED) is 0.349. The molecule has 0 aliphatic carbocycles. The molecule has 4 heteroatoms. The largest absolute Gasteiger partial charge is 0.507 e. The van der Waals surface area contributed by atoms with E-state index in [0.29, 0.717) is 11.3 Å². The number of hydrogen-bond acceptors (Lipinski definition) is 3. The summed E-state index contributed by atoms with van der Waals surface area (Å²) in [6, 6.07) is 20.2. The fourth-order valence-corrected chi connectivity index (χ4v) is 4.20. The third kappa shape index (κ3) is 3.55. The predicted molar refractivity (Wildman–Crippen MR) is 123 cm³/mol. The lowest BCUT2D eigenvalue weighted by Gasteiger charge is -2.27. The van der Waals surface area contributed by atoms with Crippen molar-refractivity contribution in [1.29, 1.82) is 0 Å². The van der Waals surface area contributed by atoms with Crippen molar-refractivity contribution in [2.45, 2.75) is 33.7 Å². The lowest BCUT2D eigenvalue weighted by Crippen LogP contribution is -2.29. The zero-order chi connectivity index (χ0) is 22.3. The summed E-state index contributed by atoms with van der Waals surface area (Å²) in [5, 5.41) is 11.3. The molecule has 4 nitrogen and oxygen atoms in total. The number of carbonyl (C=O) groups excluding carboxylic acids is 2. The van der Waals surface area contributed by atoms with Gasteiger partial charge in [0.1, 0.15) is 5.76 Å². The van der Waals surface area contributed by atoms with Crippen molar-refractivity contribution >= 4 is 23.1 Å². The van der Waals surface area contributed by atoms with Crippen molar-refractivity contribution in [2.75, 3.05) is 4.90 Å². The second kappa shape index (κ2) is 7.88. The summed E-state index contributed by atoms with van der Waals surface area (Å²) in [5.41, 5.74) is 5.87. The summed E-state index contributed by atoms with van der Waals surface area (Å²) in [5.74, 6) is -1.44. The Morgan fingerprint density at radius 2 is 1.52 bits per heavy atom. The molecule has 0 radical (unpaired) electrons. The number of rotatable bonds is 3. The highest BCUT2D eigenvalue weighted by atomic mass is 16.3. The van der Waals surface area contributed by atoms with Gasteiger partial charge in [-0.15, -0.1) is 0 Å². The van der Waals surface area contributed by atoms with Crippen LogP contribution in [0.1, 0.15) is 39.4 Å². The first-order valence-electron chi connectivity index (χ1n) is 10.3. The average molecular weight is 412 g/mol. The van der Waals surface area contributed by atoms with Gasteiger partial charge >= 0.3 is 0 Å². The molecule has 3 aromatic rings. The van der Waals surface area contributed by atoms with Crippen LogP contribution in [-0.2, 0) is 9.59 Å². The number of ketones is 1. The molecule has 1 fully saturated rings. The monoisotopic (exact) mass is 411 g/mol. The minimum absolute atomic E-state index is 0.120. The molecule has 0 spiro atoms. The van der Waals surface area contributed by atoms with E-state index in [0.717, 1.165) is 27.8 Å². The van der Waals surface area contributed by atoms with Crippen LogP contribution in [0.15, 0.2) is 72.3 Å². The Bertz CT molecular complexity index is 1240. The van der Waals surface area contributed by atoms with Crippen LogP contribution in [0.4, 0.5) is 5.69 Å². The molecule has 156 valence electrons. The molecule has 1 aliphatic heterocycles. The molecule has 0 saturated carbocycles. The maximum absolute atomic E-state index is 13.3. The van der Waals surface area contributed by atoms with Gasteiger partial charge in [0, 0.05) is 11.3 Å². The molecular formula is C27H25NO3. The highest BCUT2D eigenvalue weighted by Crippen LogP contribution is 2.43. The fraction of sp³-hybridized carbons (Fsp3) is 0.185. The summed E-state index contributed by atoms with van der Waals surface area (Å²) in [6.07, 6.45) is 0. The van der Waals surface area contributed by atoms with Crippen LogP contribution in [0.2, 0.25) is 0 Å². The molecule has 4 rings (SSSR count). The first-order chi connectivity index (χ1) is 14.8. The summed E-state index contributed by atoms with van der Waals surface area (Å²) < 4.78 is 0. The molecule has 1 N–H and O–H groups in total. The average Bonchev–Trinajstić information content (AvgIpc) is 3.00. The van der Waals surface area contributed by atoms with E-state index in [1.165, 1.54) is 4.90 Å². The van der Waals surface area contributed by atoms with E-state index in [-0.39, 0.29) is 11.3 Å². The van der Waals surface area contributed by atoms with Gasteiger partial charge in [0.15, 0.2) is 0 Å². The van der Waals surface area contributed by atoms with Crippen molar-refractivity contribution in [3.05, 3.63) is 106 Å². The number of Topliss-reactive ketones (excluding diaryl/α,β-unsaturated/α-hetero) is 1. The number of aryl methyl sites for hydroxylation is 4. The number of aliphatic hydroxyl groups is 1. The van der Waals surface area contributed by atoms with Crippen molar-refractivity contribution in [3.8, 4) is 0 Å². The number of amides is 1. The Balaban J connectivity index is 2.02. The van der Waals surface area contributed by atoms with Crippen LogP contribution < -0.4 is 4.90 Å². The molecule has 1 saturated heterocycles. The summed E-state index contributed by atoms with van der Waals surface area (Å²) in [4.78, 5) is 28.0. The highest BCUT2D eigenvalue weighted by Gasteiger charge is 2.47. The molecule has 1 amide bonds. The second-order valence-corrected chi connectivity index (χ2v) is 8.18. The number of anilines is 1. The summed E-state index contributed by atoms with van der Waals surface area (Å²) >= 11 is 0. The molecule has 3 aromatic carbocycles. The third-order valence-electron chi connectivity index (χ3n) is 5.86. The van der Waals surface area contributed by atoms with Gasteiger partial charge in [0.25, 0.3) is 11.7 Å². The standard InChI is InChI=1S/C27H25NO3/c1-16-8-7-10-20(14-16)28-24(21-11-6-5-9-18(21)3)23(26(30)27(28)31)25(29)22-15-17(2)12-13-19(22)4/h5-15,24,29H,1-4H3/b25-23+. The van der Waals surface area contributed by atoms with Gasteiger partial charge in [0.2, 0.25) is 0 Å². The van der Waals surface area contributed by atoms with Gasteiger partial charge in [-0.25, -0.2) is 0 Å². The van der Waals surface area contributed by atoms with Crippen LogP contribution in [0.3, 0.4) is 0 Å². The van der Waals surface area contributed by atoms with Crippen molar-refractivity contribution in [2.24, 2.45) is 0 Å². The van der Waals surface area contributed by atoms with Gasteiger partial charge in [-0.1, -0.05) is 54.1 Å². The lowest BCUT2D eigenvalue weighted by molar-refractivity contribution is -0.132. The third-order valence-corrected chi connectivity index (χ3v) is 5.86. The Hall–Kier alpha value is -3.66. The number of carbonyl (C=O) groups is 2. The lowest BCUT2D eigenvalue weighted by atomic mass is 9.91. The van der Waals surface area contributed by atoms with Crippen LogP contribution in [0, 0.1) is 27.7 Å². The predicted octanol–water partition coefficient (Wildman–Crippen LogP) is 5.55. The smallest absolute Gasteiger partial charge is 0.300 e. The van der Waals surface area contributed by atoms with Gasteiger partial charge < -0.3 is 5.11 Å². The van der Waals surface area contributed by atoms with Gasteiger partial charge in [-0.3, -0.25) is 14.5 Å². The first-order valence-corrected chi connectivity index (χ1v) is 10.3. The van der Waals surface area contributed by atoms with Gasteiger partial charge in [0.05, 0.1) is 11.6 Å². The van der Waals surface area contributed by atoms with Crippen molar-refractivity contribution in [3.63, 3.8) is 0 Å². The maximum Gasteiger partial charge on any atom is 0.300 e. The minimum Gasteiger partial charge on any atom is -0.507 e. The number of nitrogens with zero attached hydrogens (tertiary/aromatic N) is 1. The summed E-state index contributed by atoms with van der Waals surface area (Å²) in [7, 11) is 0. The van der Waals surface area contributed by atoms with Gasteiger partial charge in [-0.05, 0) is 68.1 Å². The fourth-order valence-electron chi connectivity index (χ4n) is 4.20. The van der Waals surface area contributed by atoms with E-state index >= 15 is 0 Å².